The molecule has 0 aromatic rings. The molecule has 0 nitrogen and oxygen atoms in total. The summed E-state index contributed by atoms with van der Waals surface area (Å²) in [6.45, 7) is 4.00. The van der Waals surface area contributed by atoms with Gasteiger partial charge in [-0.25, -0.2) is 4.20 Å². The molecule has 0 aliphatic heterocycles. The van der Waals surface area contributed by atoms with Crippen molar-refractivity contribution in [1.82, 2.24) is 0 Å². The molecule has 34 valence electrons. The predicted octanol–water partition coefficient (Wildman–Crippen LogP) is 2.37. The van der Waals surface area contributed by atoms with Gasteiger partial charge in [0.1, 0.15) is 0 Å². The van der Waals surface area contributed by atoms with E-state index in [1.807, 2.05) is 22.8 Å². The van der Waals surface area contributed by atoms with Gasteiger partial charge in [0.05, 0.1) is 8.58 Å². The molecular formula is C2H9FP2. The maximum Gasteiger partial charge on any atom is 0.0846 e. The van der Waals surface area contributed by atoms with Crippen molar-refractivity contribution in [3.05, 3.63) is 0 Å². The first-order valence-electron chi connectivity index (χ1n) is 1.48. The normalized spacial score (nSPS) is 7.20. The summed E-state index contributed by atoms with van der Waals surface area (Å²) in [6, 6.07) is 0. The molecule has 0 amide bonds. The Labute approximate surface area is 36.5 Å². The zero-order valence-corrected chi connectivity index (χ0v) is 5.61. The van der Waals surface area contributed by atoms with Crippen LogP contribution in [0.2, 0.25) is 0 Å². The average molecular weight is 114 g/mol. The summed E-state index contributed by atoms with van der Waals surface area (Å²) in [6.07, 6.45) is 0. The Balaban J connectivity index is 0. The van der Waals surface area contributed by atoms with Crippen LogP contribution in [0.25, 0.3) is 0 Å². The second-order valence-corrected chi connectivity index (χ2v) is 0.982. The molecule has 0 spiro atoms. The lowest BCUT2D eigenvalue weighted by Gasteiger charge is -1.46. The lowest BCUT2D eigenvalue weighted by molar-refractivity contribution is 0.936. The quantitative estimate of drug-likeness (QED) is 0.424. The van der Waals surface area contributed by atoms with Gasteiger partial charge in [-0.1, -0.05) is 22.8 Å². The topological polar surface area (TPSA) is 0 Å². The van der Waals surface area contributed by atoms with Gasteiger partial charge in [0.2, 0.25) is 0 Å². The Kier molecular flexibility index (Phi) is 39.7. The highest BCUT2D eigenvalue weighted by Gasteiger charge is 1.39. The van der Waals surface area contributed by atoms with E-state index in [2.05, 4.69) is 0 Å². The van der Waals surface area contributed by atoms with Crippen LogP contribution in [-0.2, 0) is 0 Å². The van der Waals surface area contributed by atoms with Crippen LogP contribution >= 0.6 is 17.5 Å². The van der Waals surface area contributed by atoms with E-state index >= 15 is 0 Å². The van der Waals surface area contributed by atoms with Crippen molar-refractivity contribution in [1.29, 1.82) is 0 Å². The number of rotatable bonds is 0. The van der Waals surface area contributed by atoms with Gasteiger partial charge in [0.15, 0.2) is 0 Å². The summed E-state index contributed by atoms with van der Waals surface area (Å²) in [7, 11) is 1.44. The van der Waals surface area contributed by atoms with Gasteiger partial charge in [-0.15, -0.1) is 0 Å². The van der Waals surface area contributed by atoms with Crippen LogP contribution in [0.1, 0.15) is 13.8 Å². The summed E-state index contributed by atoms with van der Waals surface area (Å²) in [4.78, 5) is 0. The van der Waals surface area contributed by atoms with E-state index in [4.69, 9.17) is 0 Å². The lowest BCUT2D eigenvalue weighted by atomic mass is 11.0. The van der Waals surface area contributed by atoms with Crippen LogP contribution < -0.4 is 0 Å². The molecule has 0 saturated carbocycles. The standard InChI is InChI=1S/C2H6.FH3P2/c1-2;1-3-2/h1-2H3;3H,2H2. The Morgan fingerprint density at radius 2 is 1.60 bits per heavy atom. The molecule has 0 heterocycles. The molecule has 2 unspecified atom stereocenters. The molecule has 0 aliphatic carbocycles. The molecule has 5 heavy (non-hydrogen) atoms. The minimum atomic E-state index is -0.500. The van der Waals surface area contributed by atoms with Crippen molar-refractivity contribution in [2.24, 2.45) is 0 Å². The molecule has 0 N–H and O–H groups in total. The highest BCUT2D eigenvalue weighted by molar-refractivity contribution is 8.00. The van der Waals surface area contributed by atoms with Crippen LogP contribution in [0.5, 0.6) is 0 Å². The summed E-state index contributed by atoms with van der Waals surface area (Å²) >= 11 is 0. The summed E-state index contributed by atoms with van der Waals surface area (Å²) in [5, 5.41) is 0. The van der Waals surface area contributed by atoms with Crippen LogP contribution in [0.15, 0.2) is 0 Å². The van der Waals surface area contributed by atoms with Crippen molar-refractivity contribution in [2.45, 2.75) is 13.8 Å². The van der Waals surface area contributed by atoms with Crippen molar-refractivity contribution in [3.8, 4) is 0 Å². The SMILES string of the molecule is CC.FPP. The van der Waals surface area contributed by atoms with Crippen molar-refractivity contribution < 1.29 is 4.20 Å². The second-order valence-electron chi connectivity index (χ2n) is 0.109. The van der Waals surface area contributed by atoms with E-state index < -0.39 is 8.58 Å². The van der Waals surface area contributed by atoms with Gasteiger partial charge in [-0.3, -0.25) is 0 Å². The third kappa shape index (κ3) is 59.7. The Bertz CT molecular complexity index is 7.61. The third-order valence-corrected chi connectivity index (χ3v) is 0. The highest BCUT2D eigenvalue weighted by atomic mass is 32.0. The molecule has 0 radical (unpaired) electrons. The number of hydrogen-bond donors (Lipinski definition) is 0. The third-order valence-electron chi connectivity index (χ3n) is 0. The molecule has 0 aliphatic rings. The van der Waals surface area contributed by atoms with E-state index in [1.54, 1.807) is 0 Å². The van der Waals surface area contributed by atoms with Gasteiger partial charge in [-0.05, 0) is 0 Å². The van der Waals surface area contributed by atoms with Crippen LogP contribution in [-0.4, -0.2) is 0 Å². The first-order chi connectivity index (χ1) is 2.41. The van der Waals surface area contributed by atoms with Crippen molar-refractivity contribution in [3.63, 3.8) is 0 Å². The van der Waals surface area contributed by atoms with Crippen LogP contribution in [0, 0.1) is 0 Å². The maximum atomic E-state index is 10.3. The van der Waals surface area contributed by atoms with Gasteiger partial charge in [0, 0.05) is 0 Å². The first-order valence-corrected chi connectivity index (χ1v) is 4.17. The highest BCUT2D eigenvalue weighted by Crippen LogP contribution is 2.18. The molecule has 0 aromatic carbocycles. The second kappa shape index (κ2) is 21.5. The average Bonchev–Trinajstić information content (AvgIpc) is 1.46. The zero-order valence-electron chi connectivity index (χ0n) is 3.46. The zero-order chi connectivity index (χ0) is 4.71. The molecule has 0 fully saturated rings. The Morgan fingerprint density at radius 1 is 1.60 bits per heavy atom. The minimum Gasteiger partial charge on any atom is -0.226 e. The monoisotopic (exact) mass is 114 g/mol. The summed E-state index contributed by atoms with van der Waals surface area (Å²) in [5.74, 6) is 0. The predicted molar refractivity (Wildman–Crippen MR) is 30.5 cm³/mol. The fourth-order valence-electron chi connectivity index (χ4n) is 0. The van der Waals surface area contributed by atoms with Gasteiger partial charge >= 0.3 is 0 Å². The molecule has 2 atom stereocenters. The smallest absolute Gasteiger partial charge is 0.0846 e. The summed E-state index contributed by atoms with van der Waals surface area (Å²) in [5.41, 5.74) is 0. The Morgan fingerprint density at radius 3 is 1.60 bits per heavy atom. The fourth-order valence-corrected chi connectivity index (χ4v) is 0. The van der Waals surface area contributed by atoms with Crippen molar-refractivity contribution >= 4 is 17.5 Å². The van der Waals surface area contributed by atoms with Gasteiger partial charge in [-0.2, -0.15) is 0 Å². The van der Waals surface area contributed by atoms with E-state index in [-0.39, 0.29) is 0 Å². The first kappa shape index (κ1) is 9.25. The molecule has 0 aromatic heterocycles. The molecular weight excluding hydrogens is 105 g/mol. The maximum absolute atomic E-state index is 10.3. The van der Waals surface area contributed by atoms with E-state index in [0.29, 0.717) is 0 Å². The lowest BCUT2D eigenvalue weighted by Crippen LogP contribution is -0.856. The number of halogens is 1. The van der Waals surface area contributed by atoms with E-state index in [9.17, 15) is 4.20 Å². The van der Waals surface area contributed by atoms with E-state index in [0.717, 1.165) is 0 Å². The van der Waals surface area contributed by atoms with Crippen molar-refractivity contribution in [2.75, 3.05) is 0 Å². The molecule has 0 saturated heterocycles. The van der Waals surface area contributed by atoms with Gasteiger partial charge < -0.3 is 0 Å². The van der Waals surface area contributed by atoms with Crippen LogP contribution in [0.4, 0.5) is 4.20 Å². The molecule has 3 heteroatoms. The Hall–Kier alpha value is 0.790. The minimum absolute atomic E-state index is 0.500. The van der Waals surface area contributed by atoms with E-state index in [1.165, 1.54) is 0 Å². The number of hydrogen-bond acceptors (Lipinski definition) is 0. The summed E-state index contributed by atoms with van der Waals surface area (Å²) < 4.78 is 10.3. The largest absolute Gasteiger partial charge is 0.226 e. The molecule has 0 rings (SSSR count). The van der Waals surface area contributed by atoms with Gasteiger partial charge in [0.25, 0.3) is 0 Å². The molecule has 0 bridgehead atoms. The van der Waals surface area contributed by atoms with Crippen LogP contribution in [0.3, 0.4) is 0 Å². The fraction of sp³-hybridized carbons (Fsp3) is 1.00.